The number of benzene rings is 3. The van der Waals surface area contributed by atoms with Crippen LogP contribution in [0.5, 0.6) is 40.2 Å². The first-order valence-electron chi connectivity index (χ1n) is 8.45. The summed E-state index contributed by atoms with van der Waals surface area (Å²) in [6.07, 6.45) is 0. The molecule has 0 amide bonds. The molecular formula is C21H16O9. The summed E-state index contributed by atoms with van der Waals surface area (Å²) in [7, 11) is 1.32. The van der Waals surface area contributed by atoms with Gasteiger partial charge in [-0.25, -0.2) is 9.59 Å². The molecule has 0 saturated heterocycles. The number of methoxy groups -OCH3 is 1. The van der Waals surface area contributed by atoms with Gasteiger partial charge in [-0.3, -0.25) is 0 Å². The minimum absolute atomic E-state index is 0.0612. The van der Waals surface area contributed by atoms with E-state index in [0.717, 1.165) is 24.3 Å². The van der Waals surface area contributed by atoms with Crippen LogP contribution in [0.2, 0.25) is 0 Å². The van der Waals surface area contributed by atoms with E-state index in [1.807, 2.05) is 0 Å². The Hall–Kier alpha value is -4.40. The molecule has 0 aliphatic carbocycles. The summed E-state index contributed by atoms with van der Waals surface area (Å²) in [5.74, 6) is -3.89. The van der Waals surface area contributed by atoms with Crippen molar-refractivity contribution < 1.29 is 44.2 Å². The van der Waals surface area contributed by atoms with Crippen molar-refractivity contribution in [3.8, 4) is 40.2 Å². The number of para-hydroxylation sites is 1. The minimum Gasteiger partial charge on any atom is -0.504 e. The van der Waals surface area contributed by atoms with Crippen LogP contribution in [-0.4, -0.2) is 39.5 Å². The van der Waals surface area contributed by atoms with Crippen LogP contribution in [0.4, 0.5) is 0 Å². The van der Waals surface area contributed by atoms with Crippen molar-refractivity contribution in [1.82, 2.24) is 0 Å². The molecule has 9 heteroatoms. The van der Waals surface area contributed by atoms with Gasteiger partial charge in [-0.05, 0) is 48.5 Å². The third kappa shape index (κ3) is 4.20. The van der Waals surface area contributed by atoms with E-state index in [1.54, 1.807) is 0 Å². The van der Waals surface area contributed by atoms with Gasteiger partial charge in [0.1, 0.15) is 0 Å². The van der Waals surface area contributed by atoms with Crippen molar-refractivity contribution in [3.63, 3.8) is 0 Å². The van der Waals surface area contributed by atoms with Crippen molar-refractivity contribution in [3.05, 3.63) is 65.7 Å². The molecule has 4 N–H and O–H groups in total. The Labute approximate surface area is 169 Å². The highest BCUT2D eigenvalue weighted by molar-refractivity contribution is 5.94. The molecule has 0 radical (unpaired) electrons. The van der Waals surface area contributed by atoms with Crippen molar-refractivity contribution in [2.24, 2.45) is 0 Å². The van der Waals surface area contributed by atoms with Crippen LogP contribution in [0.15, 0.2) is 54.6 Å². The zero-order valence-electron chi connectivity index (χ0n) is 15.5. The number of phenolic OH excluding ortho intramolecular Hbond substituents is 4. The number of carbonyl (C=O) groups is 2. The summed E-state index contributed by atoms with van der Waals surface area (Å²) in [4.78, 5) is 24.9. The van der Waals surface area contributed by atoms with Crippen LogP contribution >= 0.6 is 0 Å². The van der Waals surface area contributed by atoms with Gasteiger partial charge >= 0.3 is 11.9 Å². The maximum Gasteiger partial charge on any atom is 0.343 e. The molecule has 0 spiro atoms. The van der Waals surface area contributed by atoms with Gasteiger partial charge in [-0.2, -0.15) is 0 Å². The standard InChI is InChI=1S/C21H16O9/c1-28-17-3-2-4-18(29-20(26)11-5-7-13(22)15(24)9-11)19(17)30-21(27)12-6-8-14(23)16(25)10-12/h2-10,22-25H,1H3. The Morgan fingerprint density at radius 1 is 0.667 bits per heavy atom. The first-order valence-corrected chi connectivity index (χ1v) is 8.45. The monoisotopic (exact) mass is 412 g/mol. The quantitative estimate of drug-likeness (QED) is 0.282. The average molecular weight is 412 g/mol. The number of aromatic hydroxyl groups is 4. The smallest absolute Gasteiger partial charge is 0.343 e. The van der Waals surface area contributed by atoms with E-state index in [1.165, 1.54) is 37.4 Å². The Kier molecular flexibility index (Phi) is 5.63. The lowest BCUT2D eigenvalue weighted by Gasteiger charge is -2.14. The second-order valence-corrected chi connectivity index (χ2v) is 5.97. The largest absolute Gasteiger partial charge is 0.504 e. The zero-order chi connectivity index (χ0) is 21.8. The number of phenols is 4. The molecule has 0 aromatic heterocycles. The SMILES string of the molecule is COc1cccc(OC(=O)c2ccc(O)c(O)c2)c1OC(=O)c1ccc(O)c(O)c1. The minimum atomic E-state index is -0.908. The molecule has 3 rings (SSSR count). The number of hydrogen-bond acceptors (Lipinski definition) is 9. The molecule has 154 valence electrons. The molecule has 0 heterocycles. The van der Waals surface area contributed by atoms with Gasteiger partial charge in [0.05, 0.1) is 18.2 Å². The maximum absolute atomic E-state index is 12.5. The lowest BCUT2D eigenvalue weighted by molar-refractivity contribution is 0.0677. The molecule has 0 saturated carbocycles. The highest BCUT2D eigenvalue weighted by Gasteiger charge is 2.21. The second kappa shape index (κ2) is 8.31. The number of rotatable bonds is 5. The van der Waals surface area contributed by atoms with E-state index in [0.29, 0.717) is 0 Å². The number of hydrogen-bond donors (Lipinski definition) is 4. The molecule has 3 aromatic rings. The van der Waals surface area contributed by atoms with E-state index in [-0.39, 0.29) is 28.4 Å². The van der Waals surface area contributed by atoms with Gasteiger partial charge in [-0.1, -0.05) is 6.07 Å². The molecular weight excluding hydrogens is 396 g/mol. The van der Waals surface area contributed by atoms with Crippen LogP contribution in [0, 0.1) is 0 Å². The third-order valence-electron chi connectivity index (χ3n) is 3.98. The van der Waals surface area contributed by atoms with Crippen LogP contribution in [0.3, 0.4) is 0 Å². The number of carbonyl (C=O) groups excluding carboxylic acids is 2. The Bertz CT molecular complexity index is 1120. The van der Waals surface area contributed by atoms with E-state index in [9.17, 15) is 30.0 Å². The average Bonchev–Trinajstić information content (AvgIpc) is 2.73. The zero-order valence-corrected chi connectivity index (χ0v) is 15.5. The molecule has 0 atom stereocenters. The van der Waals surface area contributed by atoms with Crippen LogP contribution in [0.25, 0.3) is 0 Å². The summed E-state index contributed by atoms with van der Waals surface area (Å²) in [6, 6.07) is 11.1. The van der Waals surface area contributed by atoms with Crippen LogP contribution < -0.4 is 14.2 Å². The van der Waals surface area contributed by atoms with Gasteiger partial charge < -0.3 is 34.6 Å². The predicted octanol–water partition coefficient (Wildman–Crippen LogP) is 2.96. The summed E-state index contributed by atoms with van der Waals surface area (Å²) >= 11 is 0. The summed E-state index contributed by atoms with van der Waals surface area (Å²) in [6.45, 7) is 0. The summed E-state index contributed by atoms with van der Waals surface area (Å²) < 4.78 is 15.7. The molecule has 0 fully saturated rings. The molecule has 3 aromatic carbocycles. The first kappa shape index (κ1) is 20.3. The Balaban J connectivity index is 1.90. The number of ether oxygens (including phenoxy) is 3. The van der Waals surface area contributed by atoms with E-state index < -0.39 is 34.9 Å². The summed E-state index contributed by atoms with van der Waals surface area (Å²) in [5, 5.41) is 37.9. The van der Waals surface area contributed by atoms with E-state index in [2.05, 4.69) is 0 Å². The highest BCUT2D eigenvalue weighted by atomic mass is 16.6. The van der Waals surface area contributed by atoms with Gasteiger partial charge in [0.2, 0.25) is 5.75 Å². The maximum atomic E-state index is 12.5. The lowest BCUT2D eigenvalue weighted by Crippen LogP contribution is -2.13. The van der Waals surface area contributed by atoms with Gasteiger partial charge in [0.25, 0.3) is 0 Å². The normalized spacial score (nSPS) is 10.3. The fraction of sp³-hybridized carbons (Fsp3) is 0.0476. The van der Waals surface area contributed by atoms with E-state index in [4.69, 9.17) is 14.2 Å². The molecule has 0 unspecified atom stereocenters. The number of esters is 2. The van der Waals surface area contributed by atoms with E-state index >= 15 is 0 Å². The van der Waals surface area contributed by atoms with Crippen molar-refractivity contribution in [2.45, 2.75) is 0 Å². The third-order valence-corrected chi connectivity index (χ3v) is 3.98. The first-order chi connectivity index (χ1) is 14.3. The molecule has 0 aliphatic rings. The molecule has 30 heavy (non-hydrogen) atoms. The fourth-order valence-corrected chi connectivity index (χ4v) is 2.45. The highest BCUT2D eigenvalue weighted by Crippen LogP contribution is 2.38. The van der Waals surface area contributed by atoms with Crippen molar-refractivity contribution in [2.75, 3.05) is 7.11 Å². The fourth-order valence-electron chi connectivity index (χ4n) is 2.45. The second-order valence-electron chi connectivity index (χ2n) is 5.97. The predicted molar refractivity (Wildman–Crippen MR) is 102 cm³/mol. The Morgan fingerprint density at radius 2 is 1.17 bits per heavy atom. The lowest BCUT2D eigenvalue weighted by atomic mass is 10.2. The van der Waals surface area contributed by atoms with Gasteiger partial charge in [0, 0.05) is 0 Å². The van der Waals surface area contributed by atoms with Crippen molar-refractivity contribution >= 4 is 11.9 Å². The topological polar surface area (TPSA) is 143 Å². The van der Waals surface area contributed by atoms with Crippen LogP contribution in [-0.2, 0) is 0 Å². The van der Waals surface area contributed by atoms with Crippen LogP contribution in [0.1, 0.15) is 20.7 Å². The van der Waals surface area contributed by atoms with Gasteiger partial charge in [0.15, 0.2) is 34.5 Å². The summed E-state index contributed by atoms with van der Waals surface area (Å²) in [5.41, 5.74) is -0.134. The molecule has 0 bridgehead atoms. The molecule has 0 aliphatic heterocycles. The van der Waals surface area contributed by atoms with Crippen molar-refractivity contribution in [1.29, 1.82) is 0 Å². The van der Waals surface area contributed by atoms with Gasteiger partial charge in [-0.15, -0.1) is 0 Å². The molecule has 9 nitrogen and oxygen atoms in total. The Morgan fingerprint density at radius 3 is 1.67 bits per heavy atom.